The van der Waals surface area contributed by atoms with Gasteiger partial charge in [0.1, 0.15) is 11.6 Å². The molecule has 0 amide bonds. The van der Waals surface area contributed by atoms with Crippen LogP contribution in [0.25, 0.3) is 22.6 Å². The van der Waals surface area contributed by atoms with Crippen LogP contribution in [0, 0.1) is 5.82 Å². The number of halogens is 1. The van der Waals surface area contributed by atoms with Gasteiger partial charge in [-0.05, 0) is 38.2 Å². The van der Waals surface area contributed by atoms with Crippen LogP contribution in [0.2, 0.25) is 0 Å². The number of benzene rings is 1. The van der Waals surface area contributed by atoms with E-state index >= 15 is 0 Å². The van der Waals surface area contributed by atoms with Gasteiger partial charge in [-0.2, -0.15) is 9.97 Å². The van der Waals surface area contributed by atoms with E-state index < -0.39 is 5.82 Å². The third-order valence-electron chi connectivity index (χ3n) is 4.78. The lowest BCUT2D eigenvalue weighted by Crippen LogP contribution is -2.11. The predicted molar refractivity (Wildman–Crippen MR) is 120 cm³/mol. The number of nitrogens with zero attached hydrogens (tertiary/aromatic N) is 6. The Labute approximate surface area is 180 Å². The topological polar surface area (TPSA) is 97.8 Å². The number of nitrogen functional groups attached to an aromatic ring is 1. The van der Waals surface area contributed by atoms with E-state index in [1.165, 1.54) is 11.6 Å². The van der Waals surface area contributed by atoms with Crippen LogP contribution in [0.1, 0.15) is 18.1 Å². The standard InChI is InChI=1S/C22H25FN8/c1-4-26-22-28-19(24)18-21(29-22)31(20(27-18)16-9-17(23)11-25-10-16)13-15-7-5-14(6-8-15)12-30(2)3/h5-11H,4,12-13H2,1-3H3,(H3,24,26,28,29). The quantitative estimate of drug-likeness (QED) is 0.474. The number of nitrogens with two attached hydrogens (primary N) is 1. The van der Waals surface area contributed by atoms with Crippen molar-refractivity contribution in [3.05, 3.63) is 59.7 Å². The SMILES string of the molecule is CCNc1nc(N)c2nc(-c3cncc(F)c3)n(Cc3ccc(CN(C)C)cc3)c2n1. The molecule has 0 saturated heterocycles. The number of pyridine rings is 1. The molecule has 0 aliphatic rings. The number of anilines is 2. The number of rotatable bonds is 7. The van der Waals surface area contributed by atoms with Gasteiger partial charge in [-0.3, -0.25) is 4.98 Å². The van der Waals surface area contributed by atoms with Gasteiger partial charge in [-0.1, -0.05) is 24.3 Å². The first-order valence-corrected chi connectivity index (χ1v) is 10.1. The summed E-state index contributed by atoms with van der Waals surface area (Å²) in [7, 11) is 4.08. The monoisotopic (exact) mass is 420 g/mol. The Morgan fingerprint density at radius 2 is 1.81 bits per heavy atom. The Balaban J connectivity index is 1.83. The largest absolute Gasteiger partial charge is 0.382 e. The van der Waals surface area contributed by atoms with E-state index in [2.05, 4.69) is 54.4 Å². The van der Waals surface area contributed by atoms with E-state index in [-0.39, 0.29) is 5.82 Å². The first kappa shape index (κ1) is 20.7. The molecule has 31 heavy (non-hydrogen) atoms. The third-order valence-corrected chi connectivity index (χ3v) is 4.78. The van der Waals surface area contributed by atoms with Crippen molar-refractivity contribution in [2.75, 3.05) is 31.7 Å². The molecule has 0 bridgehead atoms. The predicted octanol–water partition coefficient (Wildman–Crippen LogP) is 3.15. The summed E-state index contributed by atoms with van der Waals surface area (Å²) in [6, 6.07) is 9.76. The Morgan fingerprint density at radius 1 is 1.06 bits per heavy atom. The molecule has 0 saturated carbocycles. The van der Waals surface area contributed by atoms with Crippen molar-refractivity contribution in [1.29, 1.82) is 0 Å². The average Bonchev–Trinajstić information content (AvgIpc) is 3.08. The van der Waals surface area contributed by atoms with Gasteiger partial charge in [0.05, 0.1) is 12.7 Å². The molecular weight excluding hydrogens is 395 g/mol. The van der Waals surface area contributed by atoms with Crippen molar-refractivity contribution in [3.8, 4) is 11.4 Å². The van der Waals surface area contributed by atoms with Crippen LogP contribution in [-0.4, -0.2) is 50.0 Å². The number of fused-ring (bicyclic) bond motifs is 1. The van der Waals surface area contributed by atoms with Crippen molar-refractivity contribution in [1.82, 2.24) is 29.4 Å². The number of aromatic nitrogens is 5. The Morgan fingerprint density at radius 3 is 2.48 bits per heavy atom. The minimum Gasteiger partial charge on any atom is -0.382 e. The van der Waals surface area contributed by atoms with Gasteiger partial charge in [0.2, 0.25) is 5.95 Å². The Bertz CT molecular complexity index is 1200. The second kappa shape index (κ2) is 8.65. The van der Waals surface area contributed by atoms with Crippen molar-refractivity contribution in [2.45, 2.75) is 20.0 Å². The Kier molecular flexibility index (Phi) is 5.77. The maximum absolute atomic E-state index is 13.9. The van der Waals surface area contributed by atoms with Crippen LogP contribution < -0.4 is 11.1 Å². The van der Waals surface area contributed by atoms with Gasteiger partial charge in [0, 0.05) is 24.8 Å². The molecule has 9 heteroatoms. The second-order valence-electron chi connectivity index (χ2n) is 7.60. The fourth-order valence-corrected chi connectivity index (χ4v) is 3.46. The van der Waals surface area contributed by atoms with Crippen LogP contribution >= 0.6 is 0 Å². The van der Waals surface area contributed by atoms with Crippen LogP contribution in [0.15, 0.2) is 42.7 Å². The van der Waals surface area contributed by atoms with E-state index in [0.717, 1.165) is 18.3 Å². The first-order chi connectivity index (χ1) is 14.9. The lowest BCUT2D eigenvalue weighted by molar-refractivity contribution is 0.402. The summed E-state index contributed by atoms with van der Waals surface area (Å²) >= 11 is 0. The highest BCUT2D eigenvalue weighted by atomic mass is 19.1. The second-order valence-corrected chi connectivity index (χ2v) is 7.60. The number of imidazole rings is 1. The van der Waals surface area contributed by atoms with E-state index in [9.17, 15) is 4.39 Å². The zero-order chi connectivity index (χ0) is 22.0. The van der Waals surface area contributed by atoms with E-state index in [1.807, 2.05) is 25.6 Å². The fraction of sp³-hybridized carbons (Fsp3) is 0.273. The summed E-state index contributed by atoms with van der Waals surface area (Å²) in [4.78, 5) is 19.7. The summed E-state index contributed by atoms with van der Waals surface area (Å²) in [6.45, 7) is 3.98. The molecule has 3 N–H and O–H groups in total. The van der Waals surface area contributed by atoms with Crippen LogP contribution in [0.3, 0.4) is 0 Å². The molecule has 0 unspecified atom stereocenters. The maximum atomic E-state index is 13.9. The molecule has 3 aromatic heterocycles. The lowest BCUT2D eigenvalue weighted by atomic mass is 10.1. The molecule has 3 heterocycles. The average molecular weight is 420 g/mol. The van der Waals surface area contributed by atoms with Crippen molar-refractivity contribution >= 4 is 22.9 Å². The normalized spacial score (nSPS) is 11.4. The lowest BCUT2D eigenvalue weighted by Gasteiger charge is -2.12. The highest BCUT2D eigenvalue weighted by Crippen LogP contribution is 2.28. The zero-order valence-electron chi connectivity index (χ0n) is 17.8. The summed E-state index contributed by atoms with van der Waals surface area (Å²) in [5.74, 6) is 0.802. The fourth-order valence-electron chi connectivity index (χ4n) is 3.46. The molecule has 160 valence electrons. The highest BCUT2D eigenvalue weighted by molar-refractivity contribution is 5.86. The molecule has 8 nitrogen and oxygen atoms in total. The molecule has 4 rings (SSSR count). The molecular formula is C22H25FN8. The van der Waals surface area contributed by atoms with Crippen molar-refractivity contribution in [3.63, 3.8) is 0 Å². The van der Waals surface area contributed by atoms with Gasteiger partial charge >= 0.3 is 0 Å². The minimum atomic E-state index is -0.434. The summed E-state index contributed by atoms with van der Waals surface area (Å²) < 4.78 is 15.8. The summed E-state index contributed by atoms with van der Waals surface area (Å²) in [6.07, 6.45) is 2.74. The number of nitrogens with one attached hydrogen (secondary N) is 1. The van der Waals surface area contributed by atoms with Gasteiger partial charge < -0.3 is 20.5 Å². The molecule has 0 fully saturated rings. The van der Waals surface area contributed by atoms with Gasteiger partial charge in [0.15, 0.2) is 17.0 Å². The minimum absolute atomic E-state index is 0.270. The van der Waals surface area contributed by atoms with Gasteiger partial charge in [-0.15, -0.1) is 0 Å². The van der Waals surface area contributed by atoms with E-state index in [0.29, 0.717) is 41.6 Å². The number of hydrogen-bond donors (Lipinski definition) is 2. The molecule has 0 aliphatic carbocycles. The molecule has 0 radical (unpaired) electrons. The van der Waals surface area contributed by atoms with Gasteiger partial charge in [-0.25, -0.2) is 9.37 Å². The smallest absolute Gasteiger partial charge is 0.226 e. The molecule has 0 atom stereocenters. The van der Waals surface area contributed by atoms with Crippen LogP contribution in [0.4, 0.5) is 16.2 Å². The molecule has 0 aliphatic heterocycles. The number of hydrogen-bond acceptors (Lipinski definition) is 7. The molecule has 1 aromatic carbocycles. The first-order valence-electron chi connectivity index (χ1n) is 10.1. The Hall–Kier alpha value is -3.59. The third kappa shape index (κ3) is 4.46. The molecule has 4 aromatic rings. The highest BCUT2D eigenvalue weighted by Gasteiger charge is 2.19. The summed E-state index contributed by atoms with van der Waals surface area (Å²) in [5, 5.41) is 3.10. The van der Waals surface area contributed by atoms with E-state index in [1.54, 1.807) is 6.20 Å². The van der Waals surface area contributed by atoms with Crippen molar-refractivity contribution < 1.29 is 4.39 Å². The van der Waals surface area contributed by atoms with E-state index in [4.69, 9.17) is 5.73 Å². The summed E-state index contributed by atoms with van der Waals surface area (Å²) in [5.41, 5.74) is 10.1. The van der Waals surface area contributed by atoms with Crippen LogP contribution in [0.5, 0.6) is 0 Å². The molecule has 0 spiro atoms. The van der Waals surface area contributed by atoms with Crippen LogP contribution in [-0.2, 0) is 13.1 Å². The zero-order valence-corrected chi connectivity index (χ0v) is 17.8. The van der Waals surface area contributed by atoms with Gasteiger partial charge in [0.25, 0.3) is 0 Å². The van der Waals surface area contributed by atoms with Crippen molar-refractivity contribution in [2.24, 2.45) is 0 Å². The maximum Gasteiger partial charge on any atom is 0.226 e.